The smallest absolute Gasteiger partial charge is 0.410 e. The Kier molecular flexibility index (Phi) is 8.14. The summed E-state index contributed by atoms with van der Waals surface area (Å²) in [7, 11) is 0. The highest BCUT2D eigenvalue weighted by atomic mass is 16.6. The Hall–Kier alpha value is -4.47. The number of carbonyl (C=O) groups is 2. The first-order chi connectivity index (χ1) is 20.3. The van der Waals surface area contributed by atoms with E-state index in [4.69, 9.17) is 9.15 Å². The zero-order valence-electron chi connectivity index (χ0n) is 26.0. The molecule has 1 amide bonds. The third-order valence-electron chi connectivity index (χ3n) is 7.31. The van der Waals surface area contributed by atoms with E-state index in [1.54, 1.807) is 21.8 Å². The number of ether oxygens (including phenoxy) is 1. The minimum absolute atomic E-state index is 0.0700. The predicted molar refractivity (Wildman–Crippen MR) is 165 cm³/mol. The van der Waals surface area contributed by atoms with Gasteiger partial charge in [0.15, 0.2) is 5.76 Å². The number of hydrogen-bond donors (Lipinski definition) is 0. The van der Waals surface area contributed by atoms with Crippen LogP contribution >= 0.6 is 0 Å². The molecule has 1 aromatic carbocycles. The minimum atomic E-state index is -0.516. The van der Waals surface area contributed by atoms with E-state index in [2.05, 4.69) is 41.0 Å². The van der Waals surface area contributed by atoms with E-state index < -0.39 is 5.60 Å². The van der Waals surface area contributed by atoms with Gasteiger partial charge in [-0.1, -0.05) is 38.1 Å². The van der Waals surface area contributed by atoms with E-state index in [9.17, 15) is 9.59 Å². The molecule has 226 valence electrons. The number of aromatic nitrogens is 4. The minimum Gasteiger partial charge on any atom is -0.457 e. The van der Waals surface area contributed by atoms with Gasteiger partial charge in [0.1, 0.15) is 17.1 Å². The van der Waals surface area contributed by atoms with Gasteiger partial charge in [0, 0.05) is 49.8 Å². The zero-order chi connectivity index (χ0) is 30.9. The molecule has 1 aliphatic heterocycles. The molecule has 0 N–H and O–H groups in total. The second kappa shape index (κ2) is 11.7. The maximum Gasteiger partial charge on any atom is 0.410 e. The summed E-state index contributed by atoms with van der Waals surface area (Å²) >= 11 is 0. The van der Waals surface area contributed by atoms with Crippen LogP contribution in [-0.4, -0.2) is 68.5 Å². The van der Waals surface area contributed by atoms with Crippen LogP contribution in [0.2, 0.25) is 0 Å². The third kappa shape index (κ3) is 7.13. The fourth-order valence-electron chi connectivity index (χ4n) is 4.90. The first-order valence-corrected chi connectivity index (χ1v) is 14.6. The van der Waals surface area contributed by atoms with Crippen molar-refractivity contribution in [3.63, 3.8) is 0 Å². The lowest BCUT2D eigenvalue weighted by atomic mass is 9.94. The molecule has 0 spiro atoms. The summed E-state index contributed by atoms with van der Waals surface area (Å²) in [5.74, 6) is 1.09. The number of pyridine rings is 1. The fourth-order valence-corrected chi connectivity index (χ4v) is 4.90. The van der Waals surface area contributed by atoms with Crippen LogP contribution in [0.3, 0.4) is 0 Å². The van der Waals surface area contributed by atoms with Gasteiger partial charge in [0.25, 0.3) is 0 Å². The molecule has 1 aliphatic rings. The number of anilines is 1. The molecular formula is C33H40N6O4. The molecule has 0 unspecified atom stereocenters. The van der Waals surface area contributed by atoms with Gasteiger partial charge in [-0.15, -0.1) is 5.10 Å². The lowest BCUT2D eigenvalue weighted by molar-refractivity contribution is 0.0240. The van der Waals surface area contributed by atoms with Crippen molar-refractivity contribution in [1.82, 2.24) is 24.9 Å². The third-order valence-corrected chi connectivity index (χ3v) is 7.31. The van der Waals surface area contributed by atoms with Crippen molar-refractivity contribution in [2.45, 2.75) is 65.9 Å². The highest BCUT2D eigenvalue weighted by Gasteiger charge is 2.26. The van der Waals surface area contributed by atoms with E-state index in [1.165, 1.54) is 0 Å². The number of piperazine rings is 1. The van der Waals surface area contributed by atoms with Crippen LogP contribution in [-0.2, 0) is 16.6 Å². The predicted octanol–water partition coefficient (Wildman–Crippen LogP) is 6.01. The second-order valence-electron chi connectivity index (χ2n) is 13.1. The standard InChI is InChI=1S/C33H40N6O4/c1-22-8-9-23(17-28(40)29-10-11-30(42-29)32(2,3)4)16-27(22)39-21-26(35-36-39)24-18-25(20-34-19-24)37-12-14-38(15-13-37)31(41)43-33(5,6)7/h8-11,16,18-21H,12-15,17H2,1-7H3. The molecule has 0 radical (unpaired) electrons. The zero-order valence-corrected chi connectivity index (χ0v) is 26.0. The molecule has 0 aliphatic carbocycles. The monoisotopic (exact) mass is 584 g/mol. The summed E-state index contributed by atoms with van der Waals surface area (Å²) in [5, 5.41) is 8.82. The average Bonchev–Trinajstić information content (AvgIpc) is 3.64. The van der Waals surface area contributed by atoms with Gasteiger partial charge in [-0.25, -0.2) is 9.48 Å². The first-order valence-electron chi connectivity index (χ1n) is 14.6. The summed E-state index contributed by atoms with van der Waals surface area (Å²) in [4.78, 5) is 33.8. The number of benzene rings is 1. The van der Waals surface area contributed by atoms with Crippen molar-refractivity contribution in [2.75, 3.05) is 31.1 Å². The van der Waals surface area contributed by atoms with Crippen LogP contribution in [0.15, 0.2) is 59.4 Å². The molecule has 0 atom stereocenters. The first kappa shape index (κ1) is 30.0. The summed E-state index contributed by atoms with van der Waals surface area (Å²) in [6.45, 7) is 16.3. The number of Topliss-reactive ketones (excluding diaryl/α,β-unsaturated/α-hetero) is 1. The fraction of sp³-hybridized carbons (Fsp3) is 0.424. The van der Waals surface area contributed by atoms with Crippen molar-refractivity contribution in [1.29, 1.82) is 0 Å². The van der Waals surface area contributed by atoms with E-state index in [-0.39, 0.29) is 23.7 Å². The number of aryl methyl sites for hydroxylation is 1. The van der Waals surface area contributed by atoms with Crippen LogP contribution in [0.1, 0.15) is 69.0 Å². The van der Waals surface area contributed by atoms with E-state index >= 15 is 0 Å². The number of nitrogens with zero attached hydrogens (tertiary/aromatic N) is 6. The molecule has 4 heterocycles. The van der Waals surface area contributed by atoms with E-state index in [1.807, 2.05) is 70.4 Å². The van der Waals surface area contributed by atoms with Gasteiger partial charge in [-0.05, 0) is 63.1 Å². The van der Waals surface area contributed by atoms with E-state index in [0.717, 1.165) is 33.8 Å². The molecular weight excluding hydrogens is 544 g/mol. The number of hydrogen-bond acceptors (Lipinski definition) is 8. The summed E-state index contributed by atoms with van der Waals surface area (Å²) < 4.78 is 13.1. The molecule has 43 heavy (non-hydrogen) atoms. The maximum absolute atomic E-state index is 13.0. The topological polar surface area (TPSA) is 107 Å². The highest BCUT2D eigenvalue weighted by molar-refractivity contribution is 5.95. The molecule has 0 saturated carbocycles. The Balaban J connectivity index is 1.28. The van der Waals surface area contributed by atoms with Gasteiger partial charge in [0.05, 0.1) is 23.8 Å². The summed E-state index contributed by atoms with van der Waals surface area (Å²) in [6, 6.07) is 11.6. The van der Waals surface area contributed by atoms with Gasteiger partial charge >= 0.3 is 6.09 Å². The largest absolute Gasteiger partial charge is 0.457 e. The van der Waals surface area contributed by atoms with Gasteiger partial charge in [-0.3, -0.25) is 9.78 Å². The number of ketones is 1. The number of amides is 1. The molecule has 10 heteroatoms. The van der Waals surface area contributed by atoms with Crippen molar-refractivity contribution in [3.05, 3.63) is 77.6 Å². The Morgan fingerprint density at radius 2 is 1.70 bits per heavy atom. The van der Waals surface area contributed by atoms with Crippen LogP contribution in [0.25, 0.3) is 16.9 Å². The average molecular weight is 585 g/mol. The van der Waals surface area contributed by atoms with Crippen molar-refractivity contribution < 1.29 is 18.7 Å². The maximum atomic E-state index is 13.0. The van der Waals surface area contributed by atoms with E-state index in [0.29, 0.717) is 37.6 Å². The molecule has 0 bridgehead atoms. The molecule has 1 fully saturated rings. The lowest BCUT2D eigenvalue weighted by Crippen LogP contribution is -2.50. The number of furan rings is 1. The van der Waals surface area contributed by atoms with Crippen molar-refractivity contribution in [3.8, 4) is 16.9 Å². The Bertz CT molecular complexity index is 1620. The molecule has 1 saturated heterocycles. The van der Waals surface area contributed by atoms with Crippen molar-refractivity contribution >= 4 is 17.6 Å². The highest BCUT2D eigenvalue weighted by Crippen LogP contribution is 2.27. The Morgan fingerprint density at radius 1 is 0.953 bits per heavy atom. The number of carbonyl (C=O) groups excluding carboxylic acids is 2. The lowest BCUT2D eigenvalue weighted by Gasteiger charge is -2.36. The van der Waals surface area contributed by atoms with Crippen LogP contribution in [0, 0.1) is 6.92 Å². The van der Waals surface area contributed by atoms with Gasteiger partial charge in [-0.2, -0.15) is 0 Å². The normalized spacial score (nSPS) is 14.2. The van der Waals surface area contributed by atoms with Crippen molar-refractivity contribution in [2.24, 2.45) is 0 Å². The van der Waals surface area contributed by atoms with Crippen LogP contribution in [0.5, 0.6) is 0 Å². The van der Waals surface area contributed by atoms with Gasteiger partial charge in [0.2, 0.25) is 5.78 Å². The number of rotatable bonds is 6. The summed E-state index contributed by atoms with van der Waals surface area (Å²) in [5.41, 5.74) is 4.54. The second-order valence-corrected chi connectivity index (χ2v) is 13.1. The Morgan fingerprint density at radius 3 is 2.37 bits per heavy atom. The van der Waals surface area contributed by atoms with Crippen LogP contribution < -0.4 is 4.90 Å². The molecule has 3 aromatic heterocycles. The van der Waals surface area contributed by atoms with Gasteiger partial charge < -0.3 is 19.0 Å². The summed E-state index contributed by atoms with van der Waals surface area (Å²) in [6.07, 6.45) is 5.41. The molecule has 10 nitrogen and oxygen atoms in total. The SMILES string of the molecule is Cc1ccc(CC(=O)c2ccc(C(C)(C)C)o2)cc1-n1cc(-c2cncc(N3CCN(C(=O)OC(C)(C)C)CC3)c2)nn1. The Labute approximate surface area is 252 Å². The molecule has 4 aromatic rings. The quantitative estimate of drug-likeness (QED) is 0.254. The molecule has 5 rings (SSSR count). The van der Waals surface area contributed by atoms with Crippen LogP contribution in [0.4, 0.5) is 10.5 Å².